The van der Waals surface area contributed by atoms with Crippen LogP contribution in [0.25, 0.3) is 11.0 Å². The second-order valence-corrected chi connectivity index (χ2v) is 5.64. The van der Waals surface area contributed by atoms with Crippen LogP contribution in [-0.4, -0.2) is 27.3 Å². The Hall–Kier alpha value is -2.17. The molecule has 3 rings (SSSR count). The van der Waals surface area contributed by atoms with Crippen LogP contribution in [0.15, 0.2) is 33.9 Å². The summed E-state index contributed by atoms with van der Waals surface area (Å²) in [5.41, 5.74) is 1.60. The summed E-state index contributed by atoms with van der Waals surface area (Å²) >= 11 is 0. The number of hydrogen-bond acceptors (Lipinski definition) is 4. The van der Waals surface area contributed by atoms with Gasteiger partial charge in [-0.15, -0.1) is 24.0 Å². The Morgan fingerprint density at radius 1 is 1.35 bits per heavy atom. The molecule has 0 unspecified atom stereocenters. The predicted molar refractivity (Wildman–Crippen MR) is 109 cm³/mol. The lowest BCUT2D eigenvalue weighted by Gasteiger charge is -2.10. The van der Waals surface area contributed by atoms with E-state index in [-0.39, 0.29) is 29.8 Å². The SMILES string of the molecule is CCNC(=NCc1ncnn1C)NCc1oc2ccc(F)cc2c1C.I. The summed E-state index contributed by atoms with van der Waals surface area (Å²) < 4.78 is 20.9. The molecule has 0 saturated carbocycles. The molecule has 3 aromatic rings. The summed E-state index contributed by atoms with van der Waals surface area (Å²) in [6.45, 7) is 5.51. The molecule has 0 aliphatic heterocycles. The molecule has 26 heavy (non-hydrogen) atoms. The molecule has 0 aliphatic rings. The Balaban J connectivity index is 0.00000243. The maximum Gasteiger partial charge on any atom is 0.192 e. The highest BCUT2D eigenvalue weighted by Gasteiger charge is 2.11. The Kier molecular flexibility index (Phi) is 6.95. The summed E-state index contributed by atoms with van der Waals surface area (Å²) in [7, 11) is 1.83. The summed E-state index contributed by atoms with van der Waals surface area (Å²) in [6.07, 6.45) is 1.50. The molecule has 7 nitrogen and oxygen atoms in total. The minimum Gasteiger partial charge on any atom is -0.459 e. The average molecular weight is 472 g/mol. The van der Waals surface area contributed by atoms with Gasteiger partial charge < -0.3 is 15.1 Å². The zero-order chi connectivity index (χ0) is 17.8. The van der Waals surface area contributed by atoms with Gasteiger partial charge in [0.05, 0.1) is 6.54 Å². The summed E-state index contributed by atoms with van der Waals surface area (Å²) in [5.74, 6) is 1.91. The fourth-order valence-electron chi connectivity index (χ4n) is 2.53. The van der Waals surface area contributed by atoms with Gasteiger partial charge in [0, 0.05) is 24.5 Å². The van der Waals surface area contributed by atoms with Crippen molar-refractivity contribution in [3.63, 3.8) is 0 Å². The molecule has 0 radical (unpaired) electrons. The minimum atomic E-state index is -0.269. The number of fused-ring (bicyclic) bond motifs is 1. The van der Waals surface area contributed by atoms with Gasteiger partial charge in [0.25, 0.3) is 0 Å². The number of rotatable bonds is 5. The number of furan rings is 1. The largest absolute Gasteiger partial charge is 0.459 e. The topological polar surface area (TPSA) is 80.3 Å². The monoisotopic (exact) mass is 472 g/mol. The molecule has 9 heteroatoms. The fraction of sp³-hybridized carbons (Fsp3) is 0.353. The molecular weight excluding hydrogens is 450 g/mol. The first-order valence-electron chi connectivity index (χ1n) is 8.11. The van der Waals surface area contributed by atoms with Crippen LogP contribution >= 0.6 is 24.0 Å². The number of aryl methyl sites for hydroxylation is 2. The third-order valence-electron chi connectivity index (χ3n) is 3.94. The van der Waals surface area contributed by atoms with E-state index in [0.29, 0.717) is 24.6 Å². The van der Waals surface area contributed by atoms with Crippen molar-refractivity contribution in [2.45, 2.75) is 26.9 Å². The highest BCUT2D eigenvalue weighted by molar-refractivity contribution is 14.0. The van der Waals surface area contributed by atoms with Crippen LogP contribution in [0.3, 0.4) is 0 Å². The lowest BCUT2D eigenvalue weighted by atomic mass is 10.1. The van der Waals surface area contributed by atoms with E-state index in [1.54, 1.807) is 10.7 Å². The van der Waals surface area contributed by atoms with E-state index >= 15 is 0 Å². The van der Waals surface area contributed by atoms with Gasteiger partial charge in [0.1, 0.15) is 35.9 Å². The molecule has 0 atom stereocenters. The molecule has 1 aromatic carbocycles. The van der Waals surface area contributed by atoms with Crippen LogP contribution < -0.4 is 10.6 Å². The highest BCUT2D eigenvalue weighted by atomic mass is 127. The van der Waals surface area contributed by atoms with Gasteiger partial charge in [-0.05, 0) is 32.0 Å². The van der Waals surface area contributed by atoms with Crippen molar-refractivity contribution in [2.75, 3.05) is 6.54 Å². The maximum absolute atomic E-state index is 13.4. The molecule has 0 spiro atoms. The number of aromatic nitrogens is 3. The van der Waals surface area contributed by atoms with Crippen LogP contribution in [0.4, 0.5) is 4.39 Å². The molecule has 140 valence electrons. The summed E-state index contributed by atoms with van der Waals surface area (Å²) in [6, 6.07) is 4.54. The first-order valence-corrected chi connectivity index (χ1v) is 8.11. The normalized spacial score (nSPS) is 11.5. The number of nitrogens with zero attached hydrogens (tertiary/aromatic N) is 4. The molecule has 0 aliphatic carbocycles. The van der Waals surface area contributed by atoms with Gasteiger partial charge in [-0.3, -0.25) is 4.68 Å². The van der Waals surface area contributed by atoms with Crippen molar-refractivity contribution in [3.05, 3.63) is 47.5 Å². The Morgan fingerprint density at radius 3 is 2.85 bits per heavy atom. The van der Waals surface area contributed by atoms with Crippen LogP contribution in [0.5, 0.6) is 0 Å². The van der Waals surface area contributed by atoms with Crippen LogP contribution in [-0.2, 0) is 20.1 Å². The van der Waals surface area contributed by atoms with Crippen molar-refractivity contribution in [1.29, 1.82) is 0 Å². The molecule has 0 bridgehead atoms. The second-order valence-electron chi connectivity index (χ2n) is 5.64. The van der Waals surface area contributed by atoms with Crippen molar-refractivity contribution in [1.82, 2.24) is 25.4 Å². The van der Waals surface area contributed by atoms with Crippen LogP contribution in [0, 0.1) is 12.7 Å². The summed E-state index contributed by atoms with van der Waals surface area (Å²) in [4.78, 5) is 8.65. The third kappa shape index (κ3) is 4.51. The fourth-order valence-corrected chi connectivity index (χ4v) is 2.53. The zero-order valence-corrected chi connectivity index (χ0v) is 17.2. The number of benzene rings is 1. The van der Waals surface area contributed by atoms with E-state index < -0.39 is 0 Å². The number of hydrogen-bond donors (Lipinski definition) is 2. The third-order valence-corrected chi connectivity index (χ3v) is 3.94. The van der Waals surface area contributed by atoms with Gasteiger partial charge in [0.2, 0.25) is 0 Å². The molecule has 2 heterocycles. The quantitative estimate of drug-likeness (QED) is 0.339. The first-order chi connectivity index (χ1) is 12.1. The molecule has 2 aromatic heterocycles. The average Bonchev–Trinajstić information content (AvgIpc) is 3.14. The molecule has 2 N–H and O–H groups in total. The van der Waals surface area contributed by atoms with Crippen molar-refractivity contribution in [3.8, 4) is 0 Å². The van der Waals surface area contributed by atoms with E-state index in [0.717, 1.165) is 29.1 Å². The van der Waals surface area contributed by atoms with Gasteiger partial charge in [-0.2, -0.15) is 5.10 Å². The Labute approximate surface area is 168 Å². The maximum atomic E-state index is 13.4. The molecular formula is C17H22FIN6O. The van der Waals surface area contributed by atoms with Crippen LogP contribution in [0.2, 0.25) is 0 Å². The highest BCUT2D eigenvalue weighted by Crippen LogP contribution is 2.25. The van der Waals surface area contributed by atoms with Gasteiger partial charge in [-0.25, -0.2) is 14.4 Å². The second kappa shape index (κ2) is 8.97. The number of nitrogens with one attached hydrogen (secondary N) is 2. The van der Waals surface area contributed by atoms with E-state index in [1.807, 2.05) is 20.9 Å². The van der Waals surface area contributed by atoms with E-state index in [2.05, 4.69) is 25.7 Å². The van der Waals surface area contributed by atoms with Gasteiger partial charge in [-0.1, -0.05) is 0 Å². The van der Waals surface area contributed by atoms with Crippen molar-refractivity contribution >= 4 is 40.9 Å². The van der Waals surface area contributed by atoms with E-state index in [9.17, 15) is 4.39 Å². The smallest absolute Gasteiger partial charge is 0.192 e. The Morgan fingerprint density at radius 2 is 2.15 bits per heavy atom. The van der Waals surface area contributed by atoms with Crippen LogP contribution in [0.1, 0.15) is 24.1 Å². The van der Waals surface area contributed by atoms with Crippen molar-refractivity contribution < 1.29 is 8.81 Å². The summed E-state index contributed by atoms with van der Waals surface area (Å²) in [5, 5.41) is 11.2. The number of guanidine groups is 1. The van der Waals surface area contributed by atoms with Gasteiger partial charge >= 0.3 is 0 Å². The van der Waals surface area contributed by atoms with Gasteiger partial charge in [0.15, 0.2) is 5.96 Å². The Bertz CT molecular complexity index is 904. The molecule has 0 saturated heterocycles. The predicted octanol–water partition coefficient (Wildman–Crippen LogP) is 2.88. The number of aliphatic imine (C=N–C) groups is 1. The van der Waals surface area contributed by atoms with Crippen molar-refractivity contribution in [2.24, 2.45) is 12.0 Å². The lowest BCUT2D eigenvalue weighted by Crippen LogP contribution is -2.36. The number of halogens is 2. The zero-order valence-electron chi connectivity index (χ0n) is 14.9. The van der Waals surface area contributed by atoms with E-state index in [1.165, 1.54) is 18.5 Å². The standard InChI is InChI=1S/C17H21FN6O.HI/c1-4-19-17(21-9-16-22-10-23-24(16)3)20-8-15-11(2)13-7-12(18)5-6-14(13)25-15;/h5-7,10H,4,8-9H2,1-3H3,(H2,19,20,21);1H. The minimum absolute atomic E-state index is 0. The van der Waals surface area contributed by atoms with E-state index in [4.69, 9.17) is 4.42 Å². The first kappa shape index (κ1) is 20.1. The molecule has 0 amide bonds. The molecule has 0 fully saturated rings. The lowest BCUT2D eigenvalue weighted by molar-refractivity contribution is 0.534.